The molecule has 0 saturated carbocycles. The van der Waals surface area contributed by atoms with Gasteiger partial charge in [-0.3, -0.25) is 0 Å². The van der Waals surface area contributed by atoms with Crippen LogP contribution in [0.3, 0.4) is 0 Å². The molecule has 0 saturated heterocycles. The molecule has 0 aliphatic heterocycles. The van der Waals surface area contributed by atoms with Gasteiger partial charge < -0.3 is 0 Å². The summed E-state index contributed by atoms with van der Waals surface area (Å²) in [4.78, 5) is 30.7. The second kappa shape index (κ2) is 7.40. The van der Waals surface area contributed by atoms with Crippen LogP contribution in [0.2, 0.25) is 0 Å². The summed E-state index contributed by atoms with van der Waals surface area (Å²) >= 11 is 4.39. The van der Waals surface area contributed by atoms with Crippen molar-refractivity contribution in [2.24, 2.45) is 0 Å². The van der Waals surface area contributed by atoms with E-state index in [2.05, 4.69) is 26.2 Å². The third kappa shape index (κ3) is 3.61. The molecule has 0 bridgehead atoms. The minimum absolute atomic E-state index is 0.145. The third-order valence-corrected chi connectivity index (χ3v) is 7.32. The molecule has 1 amide bonds. The van der Waals surface area contributed by atoms with Gasteiger partial charge in [-0.25, -0.2) is 0 Å². The molecule has 27 heavy (non-hydrogen) atoms. The third-order valence-electron chi connectivity index (χ3n) is 3.88. The zero-order valence-electron chi connectivity index (χ0n) is 13.6. The quantitative estimate of drug-likeness (QED) is 0.393. The van der Waals surface area contributed by atoms with E-state index in [-0.39, 0.29) is 26.0 Å². The predicted octanol–water partition coefficient (Wildman–Crippen LogP) is 4.73. The number of carboxylic acid groups (broad SMARTS) is 1. The number of anilines is 1. The number of carbonyl (C=O) groups is 2. The first-order chi connectivity index (χ1) is 13.0. The van der Waals surface area contributed by atoms with Crippen LogP contribution < -0.4 is 5.32 Å². The second-order valence-electron chi connectivity index (χ2n) is 5.61. The van der Waals surface area contributed by atoms with Crippen molar-refractivity contribution < 1.29 is 14.7 Å². The molecule has 4 aromatic rings. The summed E-state index contributed by atoms with van der Waals surface area (Å²) in [6.45, 7) is 0. The van der Waals surface area contributed by atoms with Crippen LogP contribution in [0.5, 0.6) is 0 Å². The molecule has 0 aliphatic carbocycles. The molecule has 0 aliphatic rings. The number of carboxylic acids is 1. The van der Waals surface area contributed by atoms with Crippen LogP contribution in [0, 0.1) is 0 Å². The maximum atomic E-state index is 12.6. The van der Waals surface area contributed by atoms with E-state index in [1.54, 1.807) is 0 Å². The van der Waals surface area contributed by atoms with Crippen LogP contribution in [0.1, 0.15) is 20.2 Å². The Morgan fingerprint density at radius 3 is 2.56 bits per heavy atom. The van der Waals surface area contributed by atoms with Gasteiger partial charge in [-0.05, 0) is 0 Å². The molecular weight excluding hydrogens is 495 g/mol. The SMILES string of the molecule is O=C(Nc1[se]cc(-c2ccc(Br)cc2)c1C(=O)O)c1nc2ccccc2s1. The molecule has 4 rings (SSSR count). The average Bonchev–Trinajstić information content (AvgIpc) is 3.26. The Bertz CT molecular complexity index is 1130. The molecular formula is C19H11BrN2O3SSe. The minimum atomic E-state index is -1.05. The molecule has 2 aromatic heterocycles. The molecule has 0 unspecified atom stereocenters. The van der Waals surface area contributed by atoms with Crippen molar-refractivity contribution in [2.45, 2.75) is 0 Å². The molecule has 0 atom stereocenters. The van der Waals surface area contributed by atoms with Crippen molar-refractivity contribution in [3.63, 3.8) is 0 Å². The number of hydrogen-bond acceptors (Lipinski definition) is 4. The van der Waals surface area contributed by atoms with Crippen molar-refractivity contribution in [1.29, 1.82) is 0 Å². The number of fused-ring (bicyclic) bond motifs is 1. The van der Waals surface area contributed by atoms with Crippen molar-refractivity contribution in [2.75, 3.05) is 5.32 Å². The van der Waals surface area contributed by atoms with Crippen molar-refractivity contribution in [1.82, 2.24) is 4.98 Å². The Labute approximate surface area is 172 Å². The van der Waals surface area contributed by atoms with Crippen molar-refractivity contribution in [3.05, 3.63) is 68.5 Å². The van der Waals surface area contributed by atoms with Gasteiger partial charge in [0.05, 0.1) is 0 Å². The van der Waals surface area contributed by atoms with Crippen LogP contribution in [-0.2, 0) is 0 Å². The normalized spacial score (nSPS) is 10.9. The Balaban J connectivity index is 1.68. The van der Waals surface area contributed by atoms with E-state index in [0.717, 1.165) is 20.3 Å². The van der Waals surface area contributed by atoms with Crippen LogP contribution in [0.25, 0.3) is 21.3 Å². The number of amides is 1. The summed E-state index contributed by atoms with van der Waals surface area (Å²) in [6.07, 6.45) is 0. The van der Waals surface area contributed by atoms with Gasteiger partial charge in [-0.15, -0.1) is 0 Å². The standard InChI is InChI=1S/C19H11BrN2O3SSe/c20-11-7-5-10(6-8-11)12-9-27-18(15(12)19(24)25)22-16(23)17-21-13-3-1-2-4-14(13)26-17/h1-9H,(H,22,23)(H,24,25). The molecule has 2 heterocycles. The van der Waals surface area contributed by atoms with Gasteiger partial charge in [0.2, 0.25) is 0 Å². The first-order valence-electron chi connectivity index (χ1n) is 7.80. The number of nitrogens with zero attached hydrogens (tertiary/aromatic N) is 1. The van der Waals surface area contributed by atoms with Gasteiger partial charge in [0.15, 0.2) is 0 Å². The number of rotatable bonds is 4. The summed E-state index contributed by atoms with van der Waals surface area (Å²) in [5.74, 6) is -1.43. The van der Waals surface area contributed by atoms with Crippen LogP contribution in [-0.4, -0.2) is 36.5 Å². The van der Waals surface area contributed by atoms with E-state index in [1.165, 1.54) is 11.3 Å². The number of nitrogens with one attached hydrogen (secondary N) is 1. The fraction of sp³-hybridized carbons (Fsp3) is 0. The molecule has 8 heteroatoms. The Morgan fingerprint density at radius 1 is 1.11 bits per heavy atom. The molecule has 134 valence electrons. The van der Waals surface area contributed by atoms with E-state index in [0.29, 0.717) is 15.1 Å². The van der Waals surface area contributed by atoms with Crippen LogP contribution >= 0.6 is 27.3 Å². The van der Waals surface area contributed by atoms with Crippen LogP contribution in [0.4, 0.5) is 4.56 Å². The Morgan fingerprint density at radius 2 is 1.85 bits per heavy atom. The van der Waals surface area contributed by atoms with Crippen molar-refractivity contribution >= 4 is 68.4 Å². The molecule has 0 radical (unpaired) electrons. The zero-order chi connectivity index (χ0) is 19.0. The monoisotopic (exact) mass is 506 g/mol. The van der Waals surface area contributed by atoms with Gasteiger partial charge in [-0.1, -0.05) is 0 Å². The van der Waals surface area contributed by atoms with Gasteiger partial charge >= 0.3 is 173 Å². The van der Waals surface area contributed by atoms with Crippen LogP contribution in [0.15, 0.2) is 57.9 Å². The fourth-order valence-corrected chi connectivity index (χ4v) is 5.76. The first-order valence-corrected chi connectivity index (χ1v) is 11.3. The van der Waals surface area contributed by atoms with Gasteiger partial charge in [0, 0.05) is 0 Å². The molecule has 2 aromatic carbocycles. The number of aromatic nitrogens is 1. The summed E-state index contributed by atoms with van der Waals surface area (Å²) < 4.78 is 2.28. The topological polar surface area (TPSA) is 79.3 Å². The van der Waals surface area contributed by atoms with Gasteiger partial charge in [0.1, 0.15) is 0 Å². The number of thiazole rings is 1. The maximum absolute atomic E-state index is 12.6. The second-order valence-corrected chi connectivity index (χ2v) is 9.40. The number of halogens is 1. The van der Waals surface area contributed by atoms with E-state index in [1.807, 2.05) is 53.5 Å². The molecule has 2 N–H and O–H groups in total. The van der Waals surface area contributed by atoms with Gasteiger partial charge in [-0.2, -0.15) is 0 Å². The zero-order valence-corrected chi connectivity index (χ0v) is 17.7. The number of para-hydroxylation sites is 1. The van der Waals surface area contributed by atoms with E-state index >= 15 is 0 Å². The van der Waals surface area contributed by atoms with Gasteiger partial charge in [0.25, 0.3) is 0 Å². The number of carbonyl (C=O) groups excluding carboxylic acids is 1. The average molecular weight is 506 g/mol. The molecule has 5 nitrogen and oxygen atoms in total. The molecule has 0 spiro atoms. The summed E-state index contributed by atoms with van der Waals surface area (Å²) in [5.41, 5.74) is 2.34. The van der Waals surface area contributed by atoms with Crippen molar-refractivity contribution in [3.8, 4) is 11.1 Å². The predicted molar refractivity (Wildman–Crippen MR) is 111 cm³/mol. The summed E-state index contributed by atoms with van der Waals surface area (Å²) in [5, 5.41) is 12.8. The van der Waals surface area contributed by atoms with E-state index < -0.39 is 5.97 Å². The molecule has 0 fully saturated rings. The fourth-order valence-electron chi connectivity index (χ4n) is 2.63. The summed E-state index contributed by atoms with van der Waals surface area (Å²) in [7, 11) is 0. The van der Waals surface area contributed by atoms with E-state index in [4.69, 9.17) is 0 Å². The number of benzene rings is 2. The Hall–Kier alpha value is -2.25. The number of aromatic carboxylic acids is 1. The van der Waals surface area contributed by atoms with E-state index in [9.17, 15) is 14.7 Å². The number of hydrogen-bond donors (Lipinski definition) is 2. The summed E-state index contributed by atoms with van der Waals surface area (Å²) in [6, 6.07) is 14.9. The Kier molecular flexibility index (Phi) is 4.97. The first kappa shape index (κ1) is 18.1.